The molecule has 3 fully saturated rings. The molecule has 0 aromatic heterocycles. The summed E-state index contributed by atoms with van der Waals surface area (Å²) in [5.41, 5.74) is -5.40. The van der Waals surface area contributed by atoms with Crippen molar-refractivity contribution in [3.05, 3.63) is 53.6 Å². The number of alkyl halides is 1. The normalized spacial score (nSPS) is 32.7. The van der Waals surface area contributed by atoms with E-state index in [2.05, 4.69) is 4.84 Å². The molecule has 0 spiro atoms. The van der Waals surface area contributed by atoms with E-state index in [9.17, 15) is 29.1 Å². The average molecular weight is 758 g/mol. The van der Waals surface area contributed by atoms with Crippen LogP contribution < -0.4 is 9.47 Å². The summed E-state index contributed by atoms with van der Waals surface area (Å²) in [7, 11) is 1.32. The zero-order chi connectivity index (χ0) is 39.6. The Balaban J connectivity index is 1.37. The van der Waals surface area contributed by atoms with Gasteiger partial charge in [0.1, 0.15) is 0 Å². The van der Waals surface area contributed by atoms with Crippen LogP contribution >= 0.6 is 0 Å². The molecule has 0 bridgehead atoms. The molecule has 3 N–H and O–H groups in total. The lowest BCUT2D eigenvalue weighted by Crippen LogP contribution is -2.70. The number of hydrogen-bond donors (Lipinski definition) is 3. The van der Waals surface area contributed by atoms with Crippen molar-refractivity contribution < 1.29 is 67.7 Å². The predicted molar refractivity (Wildman–Crippen MR) is 186 cm³/mol. The number of rotatable bonds is 14. The number of allylic oxidation sites excluding steroid dienone is 4. The Morgan fingerprint density at radius 2 is 1.81 bits per heavy atom. The largest absolute Gasteiger partial charge is 0.493 e. The first kappa shape index (κ1) is 40.9. The summed E-state index contributed by atoms with van der Waals surface area (Å²) in [4.78, 5) is 69.2. The highest BCUT2D eigenvalue weighted by Crippen LogP contribution is 2.71. The molecule has 14 nitrogen and oxygen atoms in total. The zero-order valence-corrected chi connectivity index (χ0v) is 31.0. The molecule has 0 heterocycles. The number of carbonyl (C=O) groups is 5. The van der Waals surface area contributed by atoms with Crippen molar-refractivity contribution in [3.8, 4) is 11.5 Å². The SMILES string of the molecule is CCCCC(=O)O[C@]1(C(=O)COC(=O)/C=C/c2ccc(OC(=O)CON(O)O)c(OC)c2)[C@@H](C)C[C@H]2C3CCC4=CC(=O)C=C[C@]4(C)[C@@]3(F)[C@@H](O)C[C@@]21C. The summed E-state index contributed by atoms with van der Waals surface area (Å²) in [6, 6.07) is 4.30. The van der Waals surface area contributed by atoms with Gasteiger partial charge in [0.05, 0.1) is 18.6 Å². The third-order valence-corrected chi connectivity index (χ3v) is 12.1. The van der Waals surface area contributed by atoms with Gasteiger partial charge < -0.3 is 24.1 Å². The summed E-state index contributed by atoms with van der Waals surface area (Å²) >= 11 is 0. The molecule has 0 aliphatic heterocycles. The van der Waals surface area contributed by atoms with Gasteiger partial charge in [0.25, 0.3) is 0 Å². The highest BCUT2D eigenvalue weighted by atomic mass is 19.1. The smallest absolute Gasteiger partial charge is 0.339 e. The number of halogens is 1. The number of unbranched alkanes of at least 4 members (excludes halogenated alkanes) is 1. The zero-order valence-electron chi connectivity index (χ0n) is 31.0. The highest BCUT2D eigenvalue weighted by Gasteiger charge is 2.77. The number of fused-ring (bicyclic) bond motifs is 5. The van der Waals surface area contributed by atoms with Crippen molar-refractivity contribution in [3.63, 3.8) is 0 Å². The van der Waals surface area contributed by atoms with Gasteiger partial charge in [0, 0.05) is 35.2 Å². The number of carbonyl (C=O) groups excluding carboxylic acids is 5. The van der Waals surface area contributed by atoms with Crippen LogP contribution in [0.15, 0.2) is 48.1 Å². The number of benzene rings is 1. The van der Waals surface area contributed by atoms with E-state index in [1.807, 2.05) is 6.92 Å². The molecular weight excluding hydrogens is 709 g/mol. The van der Waals surface area contributed by atoms with E-state index in [0.29, 0.717) is 43.2 Å². The van der Waals surface area contributed by atoms with E-state index in [0.717, 1.165) is 6.08 Å². The number of aliphatic hydroxyl groups is 1. The fraction of sp³-hybridized carbons (Fsp3) is 0.564. The molecule has 8 atom stereocenters. The average Bonchev–Trinajstić information content (AvgIpc) is 3.34. The van der Waals surface area contributed by atoms with Crippen molar-refractivity contribution in [2.45, 2.75) is 90.0 Å². The maximum absolute atomic E-state index is 17.8. The molecule has 0 amide bonds. The van der Waals surface area contributed by atoms with E-state index >= 15 is 4.39 Å². The van der Waals surface area contributed by atoms with E-state index in [-0.39, 0.29) is 30.1 Å². The molecule has 4 aliphatic carbocycles. The third kappa shape index (κ3) is 7.15. The Morgan fingerprint density at radius 1 is 1.07 bits per heavy atom. The fourth-order valence-corrected chi connectivity index (χ4v) is 9.54. The minimum atomic E-state index is -2.15. The summed E-state index contributed by atoms with van der Waals surface area (Å²) < 4.78 is 39.7. The Morgan fingerprint density at radius 3 is 2.50 bits per heavy atom. The highest BCUT2D eigenvalue weighted by molar-refractivity contribution is 6.01. The molecule has 54 heavy (non-hydrogen) atoms. The summed E-state index contributed by atoms with van der Waals surface area (Å²) in [6.07, 6.45) is 7.34. The molecule has 1 unspecified atom stereocenters. The fourth-order valence-electron chi connectivity index (χ4n) is 9.54. The predicted octanol–water partition coefficient (Wildman–Crippen LogP) is 4.83. The number of nitrogens with zero attached hydrogens (tertiary/aromatic N) is 1. The van der Waals surface area contributed by atoms with Crippen LogP contribution in [0.3, 0.4) is 0 Å². The summed E-state index contributed by atoms with van der Waals surface area (Å²) in [6.45, 7) is 5.58. The first-order valence-corrected chi connectivity index (χ1v) is 18.1. The number of ether oxygens (including phenoxy) is 4. The Bertz CT molecular complexity index is 1760. The third-order valence-electron chi connectivity index (χ3n) is 12.1. The molecule has 5 rings (SSSR count). The van der Waals surface area contributed by atoms with E-state index in [4.69, 9.17) is 29.4 Å². The number of aliphatic hydroxyl groups excluding tert-OH is 1. The van der Waals surface area contributed by atoms with Gasteiger partial charge in [-0.3, -0.25) is 24.8 Å². The Hall–Kier alpha value is -4.28. The Labute approximate surface area is 312 Å². The van der Waals surface area contributed by atoms with Gasteiger partial charge in [0.15, 0.2) is 41.8 Å². The van der Waals surface area contributed by atoms with E-state index < -0.39 is 88.3 Å². The number of methoxy groups -OCH3 is 1. The molecule has 0 saturated heterocycles. The molecule has 3 saturated carbocycles. The van der Waals surface area contributed by atoms with Crippen LogP contribution in [0.1, 0.15) is 78.2 Å². The first-order valence-electron chi connectivity index (χ1n) is 18.1. The van der Waals surface area contributed by atoms with Crippen LogP contribution in [0.2, 0.25) is 0 Å². The minimum Gasteiger partial charge on any atom is -0.493 e. The summed E-state index contributed by atoms with van der Waals surface area (Å²) in [5.74, 6) is -5.11. The van der Waals surface area contributed by atoms with Crippen LogP contribution in [-0.4, -0.2) is 88.1 Å². The minimum absolute atomic E-state index is 0.0162. The van der Waals surface area contributed by atoms with Gasteiger partial charge in [-0.1, -0.05) is 44.9 Å². The van der Waals surface area contributed by atoms with Gasteiger partial charge in [-0.15, -0.1) is 0 Å². The number of Topliss-reactive ketones (excluding diaryl/α,β-unsaturated/α-hetero) is 1. The second-order valence-corrected chi connectivity index (χ2v) is 15.0. The molecule has 0 radical (unpaired) electrons. The van der Waals surface area contributed by atoms with Gasteiger partial charge >= 0.3 is 17.9 Å². The van der Waals surface area contributed by atoms with E-state index in [1.54, 1.807) is 26.8 Å². The van der Waals surface area contributed by atoms with Crippen LogP contribution in [0.5, 0.6) is 11.5 Å². The van der Waals surface area contributed by atoms with Gasteiger partial charge in [-0.05, 0) is 80.9 Å². The van der Waals surface area contributed by atoms with Crippen LogP contribution in [-0.2, 0) is 38.3 Å². The van der Waals surface area contributed by atoms with Crippen molar-refractivity contribution >= 4 is 35.6 Å². The van der Waals surface area contributed by atoms with Gasteiger partial charge in [0.2, 0.25) is 5.78 Å². The molecular formula is C39H48FNO13. The molecule has 4 aliphatic rings. The lowest BCUT2D eigenvalue weighted by atomic mass is 9.44. The van der Waals surface area contributed by atoms with Crippen molar-refractivity contribution in [2.75, 3.05) is 20.3 Å². The van der Waals surface area contributed by atoms with Crippen LogP contribution in [0.4, 0.5) is 4.39 Å². The lowest BCUT2D eigenvalue weighted by Gasteiger charge is -2.62. The second kappa shape index (κ2) is 15.8. The Kier molecular flexibility index (Phi) is 12.0. The molecule has 1 aromatic rings. The molecule has 15 heteroatoms. The maximum atomic E-state index is 17.8. The van der Waals surface area contributed by atoms with Crippen molar-refractivity contribution in [2.24, 2.45) is 28.6 Å². The summed E-state index contributed by atoms with van der Waals surface area (Å²) in [5, 5.41) is 28.4. The van der Waals surface area contributed by atoms with E-state index in [1.165, 1.54) is 43.5 Å². The monoisotopic (exact) mass is 757 g/mol. The number of ketones is 2. The molecule has 1 aromatic carbocycles. The first-order chi connectivity index (χ1) is 25.5. The quantitative estimate of drug-likeness (QED) is 0.101. The molecule has 294 valence electrons. The standard InChI is InChI=1S/C39H48FNO13/c1-6-7-8-34(46)54-39(32(44)21-51-33(45)14-10-24-9-13-29(30(18-24)50-5)53-35(47)22-52-41(48)49)23(2)17-28-27-12-11-25-19-26(42)15-16-36(25,3)38(27,40)31(43)20-37(28,39)4/h9-10,13-16,18-19,23,27-28,31,43,48-49H,6-8,11-12,17,20-22H2,1-5H3/b14-10+/t23-,27?,28-,31-,36-,37-,38-,39-/m0/s1. The number of esters is 3. The van der Waals surface area contributed by atoms with Crippen LogP contribution in [0.25, 0.3) is 6.08 Å². The van der Waals surface area contributed by atoms with Crippen molar-refractivity contribution in [1.82, 2.24) is 5.39 Å². The maximum Gasteiger partial charge on any atom is 0.339 e. The topological polar surface area (TPSA) is 195 Å². The lowest BCUT2D eigenvalue weighted by molar-refractivity contribution is -0.489. The van der Waals surface area contributed by atoms with Gasteiger partial charge in [-0.25, -0.2) is 18.8 Å². The number of hydrogen-bond acceptors (Lipinski definition) is 14. The van der Waals surface area contributed by atoms with Crippen molar-refractivity contribution in [1.29, 1.82) is 0 Å². The second-order valence-electron chi connectivity index (χ2n) is 15.0. The van der Waals surface area contributed by atoms with Gasteiger partial charge in [-0.2, -0.15) is 0 Å². The van der Waals surface area contributed by atoms with Crippen LogP contribution in [0, 0.1) is 28.6 Å².